The highest BCUT2D eigenvalue weighted by Gasteiger charge is 2.32. The SMILES string of the molecule is COc1cccc([C@@H]2C(C(=O)Nc3ccccc3)=C(C)N=c3s/c(=C/c4ccccc4Cl)c(=O)n32)c1. The van der Waals surface area contributed by atoms with Crippen LogP contribution in [0.15, 0.2) is 99.9 Å². The molecule has 0 fully saturated rings. The van der Waals surface area contributed by atoms with Gasteiger partial charge in [-0.25, -0.2) is 4.99 Å². The number of ether oxygens (including phenoxy) is 1. The second-order valence-corrected chi connectivity index (χ2v) is 9.62. The molecular formula is C28H22ClN3O3S. The van der Waals surface area contributed by atoms with Crippen LogP contribution in [0.4, 0.5) is 5.69 Å². The number of rotatable bonds is 5. The van der Waals surface area contributed by atoms with E-state index in [1.54, 1.807) is 30.7 Å². The zero-order valence-electron chi connectivity index (χ0n) is 19.6. The van der Waals surface area contributed by atoms with Crippen LogP contribution >= 0.6 is 22.9 Å². The summed E-state index contributed by atoms with van der Waals surface area (Å²) in [6.07, 6.45) is 1.76. The first-order valence-corrected chi connectivity index (χ1v) is 12.4. The van der Waals surface area contributed by atoms with Crippen molar-refractivity contribution in [2.24, 2.45) is 4.99 Å². The Hall–Kier alpha value is -3.94. The summed E-state index contributed by atoms with van der Waals surface area (Å²) in [5, 5.41) is 3.50. The molecule has 0 saturated carbocycles. The summed E-state index contributed by atoms with van der Waals surface area (Å²) in [5.41, 5.74) is 2.82. The first kappa shape index (κ1) is 23.8. The lowest BCUT2D eigenvalue weighted by atomic mass is 9.95. The van der Waals surface area contributed by atoms with E-state index in [2.05, 4.69) is 10.3 Å². The minimum absolute atomic E-state index is 0.246. The van der Waals surface area contributed by atoms with Crippen LogP contribution in [0.25, 0.3) is 6.08 Å². The Kier molecular flexibility index (Phi) is 6.59. The van der Waals surface area contributed by atoms with Gasteiger partial charge in [-0.3, -0.25) is 14.2 Å². The van der Waals surface area contributed by atoms with Crippen LogP contribution in [0.3, 0.4) is 0 Å². The van der Waals surface area contributed by atoms with E-state index in [4.69, 9.17) is 16.3 Å². The average Bonchev–Trinajstić information content (AvgIpc) is 3.19. The molecule has 3 aromatic carbocycles. The molecule has 5 rings (SSSR count). The van der Waals surface area contributed by atoms with Crippen LogP contribution in [-0.4, -0.2) is 17.6 Å². The minimum atomic E-state index is -0.687. The van der Waals surface area contributed by atoms with Crippen LogP contribution < -0.4 is 24.9 Å². The fourth-order valence-electron chi connectivity index (χ4n) is 4.19. The Morgan fingerprint density at radius 3 is 2.58 bits per heavy atom. The van der Waals surface area contributed by atoms with Crippen LogP contribution in [0.1, 0.15) is 24.1 Å². The van der Waals surface area contributed by atoms with Crippen LogP contribution in [0, 0.1) is 0 Å². The number of aromatic nitrogens is 1. The number of allylic oxidation sites excluding steroid dienone is 1. The van der Waals surface area contributed by atoms with E-state index in [9.17, 15) is 9.59 Å². The number of hydrogen-bond acceptors (Lipinski definition) is 5. The molecule has 1 amide bonds. The standard InChI is InChI=1S/C28H22ClN3O3S/c1-17-24(26(33)31-20-11-4-3-5-12-20)25(19-10-8-13-21(15-19)35-2)32-27(34)23(36-28(32)30-17)16-18-9-6-7-14-22(18)29/h3-16,25H,1-2H3,(H,31,33)/b23-16+/t25-/m1/s1. The Morgan fingerprint density at radius 1 is 1.08 bits per heavy atom. The maximum absolute atomic E-state index is 13.8. The van der Waals surface area contributed by atoms with Crippen molar-refractivity contribution in [2.45, 2.75) is 13.0 Å². The monoisotopic (exact) mass is 515 g/mol. The number of anilines is 1. The number of halogens is 1. The van der Waals surface area contributed by atoms with Crippen molar-refractivity contribution in [3.8, 4) is 5.75 Å². The van der Waals surface area contributed by atoms with E-state index >= 15 is 0 Å². The van der Waals surface area contributed by atoms with Crippen molar-refractivity contribution in [3.63, 3.8) is 0 Å². The molecule has 1 aliphatic heterocycles. The number of nitrogens with one attached hydrogen (secondary N) is 1. The van der Waals surface area contributed by atoms with Crippen LogP contribution in [-0.2, 0) is 4.79 Å². The fraction of sp³-hybridized carbons (Fsp3) is 0.107. The number of carbonyl (C=O) groups is 1. The van der Waals surface area contributed by atoms with Crippen LogP contribution in [0.2, 0.25) is 5.02 Å². The Balaban J connectivity index is 1.70. The highest BCUT2D eigenvalue weighted by Crippen LogP contribution is 2.32. The van der Waals surface area contributed by atoms with Crippen molar-refractivity contribution >= 4 is 40.6 Å². The van der Waals surface area contributed by atoms with Crippen molar-refractivity contribution in [2.75, 3.05) is 12.4 Å². The maximum Gasteiger partial charge on any atom is 0.271 e. The van der Waals surface area contributed by atoms with E-state index in [-0.39, 0.29) is 11.5 Å². The summed E-state index contributed by atoms with van der Waals surface area (Å²) in [6, 6.07) is 23.2. The van der Waals surface area contributed by atoms with Crippen LogP contribution in [0.5, 0.6) is 5.75 Å². The number of carbonyl (C=O) groups excluding carboxylic acids is 1. The number of amides is 1. The normalized spacial score (nSPS) is 15.3. The maximum atomic E-state index is 13.8. The van der Waals surface area contributed by atoms with Crippen molar-refractivity contribution in [1.29, 1.82) is 0 Å². The number of fused-ring (bicyclic) bond motifs is 1. The fourth-order valence-corrected chi connectivity index (χ4v) is 5.42. The molecule has 2 heterocycles. The van der Waals surface area contributed by atoms with E-state index in [0.717, 1.165) is 11.1 Å². The van der Waals surface area contributed by atoms with Gasteiger partial charge < -0.3 is 10.1 Å². The summed E-state index contributed by atoms with van der Waals surface area (Å²) >= 11 is 7.61. The predicted molar refractivity (Wildman–Crippen MR) is 143 cm³/mol. The van der Waals surface area contributed by atoms with Gasteiger partial charge >= 0.3 is 0 Å². The molecule has 1 N–H and O–H groups in total. The molecule has 4 aromatic rings. The Bertz CT molecular complexity index is 1670. The molecule has 0 saturated heterocycles. The molecular weight excluding hydrogens is 494 g/mol. The molecule has 6 nitrogen and oxygen atoms in total. The lowest BCUT2D eigenvalue weighted by Gasteiger charge is -2.25. The number of benzene rings is 3. The van der Waals surface area contributed by atoms with Gasteiger partial charge in [0.1, 0.15) is 5.75 Å². The summed E-state index contributed by atoms with van der Waals surface area (Å²) in [7, 11) is 1.58. The molecule has 0 unspecified atom stereocenters. The zero-order chi connectivity index (χ0) is 25.2. The Labute approximate surface area is 216 Å². The number of methoxy groups -OCH3 is 1. The van der Waals surface area contributed by atoms with Gasteiger partial charge in [-0.15, -0.1) is 0 Å². The molecule has 0 spiro atoms. The van der Waals surface area contributed by atoms with Gasteiger partial charge in [-0.2, -0.15) is 0 Å². The summed E-state index contributed by atoms with van der Waals surface area (Å²) in [4.78, 5) is 32.5. The molecule has 36 heavy (non-hydrogen) atoms. The first-order chi connectivity index (χ1) is 17.5. The minimum Gasteiger partial charge on any atom is -0.497 e. The van der Waals surface area contributed by atoms with Gasteiger partial charge in [0, 0.05) is 10.7 Å². The van der Waals surface area contributed by atoms with Crippen molar-refractivity contribution < 1.29 is 9.53 Å². The zero-order valence-corrected chi connectivity index (χ0v) is 21.1. The number of thiazole rings is 1. The third-order valence-electron chi connectivity index (χ3n) is 5.90. The van der Waals surface area contributed by atoms with Crippen molar-refractivity contribution in [1.82, 2.24) is 4.57 Å². The Morgan fingerprint density at radius 2 is 1.83 bits per heavy atom. The van der Waals surface area contributed by atoms with Gasteiger partial charge in [-0.05, 0) is 54.5 Å². The molecule has 8 heteroatoms. The molecule has 0 bridgehead atoms. The lowest BCUT2D eigenvalue weighted by molar-refractivity contribution is -0.113. The van der Waals surface area contributed by atoms with Gasteiger partial charge in [0.15, 0.2) is 4.80 Å². The van der Waals surface area contributed by atoms with Gasteiger partial charge in [-0.1, -0.05) is 71.5 Å². The molecule has 0 radical (unpaired) electrons. The van der Waals surface area contributed by atoms with E-state index in [1.165, 1.54) is 11.3 Å². The van der Waals surface area contributed by atoms with Gasteiger partial charge in [0.25, 0.3) is 11.5 Å². The highest BCUT2D eigenvalue weighted by atomic mass is 35.5. The second-order valence-electron chi connectivity index (χ2n) is 8.20. The number of hydrogen-bond donors (Lipinski definition) is 1. The van der Waals surface area contributed by atoms with E-state index in [0.29, 0.717) is 37.1 Å². The van der Waals surface area contributed by atoms with Gasteiger partial charge in [0.05, 0.1) is 29.0 Å². The smallest absolute Gasteiger partial charge is 0.271 e. The average molecular weight is 516 g/mol. The van der Waals surface area contributed by atoms with E-state index in [1.807, 2.05) is 72.8 Å². The number of nitrogens with zero attached hydrogens (tertiary/aromatic N) is 2. The largest absolute Gasteiger partial charge is 0.497 e. The molecule has 1 aromatic heterocycles. The quantitative estimate of drug-likeness (QED) is 0.424. The summed E-state index contributed by atoms with van der Waals surface area (Å²) < 4.78 is 7.49. The summed E-state index contributed by atoms with van der Waals surface area (Å²) in [6.45, 7) is 1.79. The first-order valence-electron chi connectivity index (χ1n) is 11.2. The summed E-state index contributed by atoms with van der Waals surface area (Å²) in [5.74, 6) is 0.304. The van der Waals surface area contributed by atoms with E-state index < -0.39 is 6.04 Å². The highest BCUT2D eigenvalue weighted by molar-refractivity contribution is 7.07. The second kappa shape index (κ2) is 9.97. The lowest BCUT2D eigenvalue weighted by Crippen LogP contribution is -2.40. The topological polar surface area (TPSA) is 72.7 Å². The molecule has 0 aliphatic carbocycles. The number of para-hydroxylation sites is 1. The van der Waals surface area contributed by atoms with Crippen molar-refractivity contribution in [3.05, 3.63) is 126 Å². The molecule has 1 atom stereocenters. The third kappa shape index (κ3) is 4.51. The predicted octanol–water partition coefficient (Wildman–Crippen LogP) is 4.54. The third-order valence-corrected chi connectivity index (χ3v) is 7.23. The van der Waals surface area contributed by atoms with Gasteiger partial charge in [0.2, 0.25) is 0 Å². The molecule has 180 valence electrons. The molecule has 1 aliphatic rings.